The van der Waals surface area contributed by atoms with Gasteiger partial charge in [0.15, 0.2) is 0 Å². The molecule has 0 bridgehead atoms. The van der Waals surface area contributed by atoms with E-state index in [0.29, 0.717) is 6.04 Å². The molecule has 1 unspecified atom stereocenters. The van der Waals surface area contributed by atoms with Gasteiger partial charge in [0.05, 0.1) is 0 Å². The zero-order valence-electron chi connectivity index (χ0n) is 10.0. The van der Waals surface area contributed by atoms with Crippen molar-refractivity contribution in [2.45, 2.75) is 25.8 Å². The number of hydrogen-bond donors (Lipinski definition) is 1. The molecule has 88 valence electrons. The Hall–Kier alpha value is -0.903. The van der Waals surface area contributed by atoms with Crippen molar-refractivity contribution in [1.82, 2.24) is 0 Å². The molecule has 0 saturated carbocycles. The fourth-order valence-corrected chi connectivity index (χ4v) is 3.71. The Bertz CT molecular complexity index is 436. The molecule has 2 radical (unpaired) electrons. The van der Waals surface area contributed by atoms with Gasteiger partial charge in [-0.3, -0.25) is 0 Å². The maximum atomic E-state index is 5.96. The molecule has 1 nitrogen and oxygen atoms in total. The van der Waals surface area contributed by atoms with E-state index in [1.165, 1.54) is 15.3 Å². The lowest BCUT2D eigenvalue weighted by Crippen LogP contribution is -2.25. The van der Waals surface area contributed by atoms with Gasteiger partial charge in [-0.1, -0.05) is 48.5 Å². The van der Waals surface area contributed by atoms with Crippen LogP contribution in [0.4, 0.5) is 0 Å². The van der Waals surface area contributed by atoms with Crippen LogP contribution in [-0.2, 0) is 6.42 Å². The average Bonchev–Trinajstić information content (AvgIpc) is 2.84. The van der Waals surface area contributed by atoms with Crippen LogP contribution in [0, 0.1) is 0 Å². The van der Waals surface area contributed by atoms with E-state index in [0.717, 1.165) is 22.4 Å². The molecule has 1 atom stereocenters. The highest BCUT2D eigenvalue weighted by Gasteiger charge is 2.03. The molecule has 0 aliphatic heterocycles. The van der Waals surface area contributed by atoms with Crippen LogP contribution in [0.15, 0.2) is 41.8 Å². The molecule has 3 heteroatoms. The Morgan fingerprint density at radius 1 is 1.24 bits per heavy atom. The topological polar surface area (TPSA) is 26.0 Å². The van der Waals surface area contributed by atoms with Crippen molar-refractivity contribution in [1.29, 1.82) is 0 Å². The lowest BCUT2D eigenvalue weighted by Gasteiger charge is -2.08. The van der Waals surface area contributed by atoms with Gasteiger partial charge in [-0.15, -0.1) is 0 Å². The standard InChI is InChI=1S/C14H17NSSi/c1-2-12(15)10-11-5-7-13(8-6-11)17-14-4-3-9-16-14/h3-9,12H,2,10,15H2,1H3. The first-order valence-corrected chi connectivity index (χ1v) is 7.81. The van der Waals surface area contributed by atoms with Crippen molar-refractivity contribution in [2.24, 2.45) is 5.73 Å². The van der Waals surface area contributed by atoms with E-state index < -0.39 is 0 Å². The molecule has 1 aromatic carbocycles. The maximum absolute atomic E-state index is 5.96. The summed E-state index contributed by atoms with van der Waals surface area (Å²) in [5.74, 6) is 0. The number of nitrogens with two attached hydrogens (primary N) is 1. The van der Waals surface area contributed by atoms with Crippen molar-refractivity contribution in [3.05, 3.63) is 47.3 Å². The van der Waals surface area contributed by atoms with E-state index in [1.807, 2.05) is 11.3 Å². The van der Waals surface area contributed by atoms with E-state index in [2.05, 4.69) is 48.7 Å². The van der Waals surface area contributed by atoms with E-state index >= 15 is 0 Å². The fourth-order valence-electron chi connectivity index (χ4n) is 1.66. The van der Waals surface area contributed by atoms with Gasteiger partial charge in [0, 0.05) is 6.04 Å². The van der Waals surface area contributed by atoms with Gasteiger partial charge in [0.1, 0.15) is 9.52 Å². The second kappa shape index (κ2) is 6.14. The summed E-state index contributed by atoms with van der Waals surface area (Å²) in [6.45, 7) is 2.14. The minimum absolute atomic E-state index is 0.292. The van der Waals surface area contributed by atoms with Crippen LogP contribution in [0.3, 0.4) is 0 Å². The van der Waals surface area contributed by atoms with Crippen molar-refractivity contribution in [3.8, 4) is 0 Å². The lowest BCUT2D eigenvalue weighted by molar-refractivity contribution is 0.646. The van der Waals surface area contributed by atoms with Gasteiger partial charge in [0.2, 0.25) is 0 Å². The average molecular weight is 259 g/mol. The first kappa shape index (κ1) is 12.6. The molecule has 0 spiro atoms. The molecule has 17 heavy (non-hydrogen) atoms. The molecule has 1 aromatic heterocycles. The summed E-state index contributed by atoms with van der Waals surface area (Å²) >= 11 is 1.83. The number of thiophene rings is 1. The Kier molecular flexibility index (Phi) is 4.54. The van der Waals surface area contributed by atoms with Gasteiger partial charge in [-0.2, -0.15) is 11.3 Å². The van der Waals surface area contributed by atoms with Crippen molar-refractivity contribution >= 4 is 30.5 Å². The highest BCUT2D eigenvalue weighted by molar-refractivity contribution is 7.20. The van der Waals surface area contributed by atoms with Gasteiger partial charge in [-0.25, -0.2) is 0 Å². The summed E-state index contributed by atoms with van der Waals surface area (Å²) in [6, 6.07) is 13.5. The minimum atomic E-state index is 0.292. The normalized spacial score (nSPS) is 12.6. The van der Waals surface area contributed by atoms with Gasteiger partial charge >= 0.3 is 0 Å². The molecule has 1 heterocycles. The monoisotopic (exact) mass is 259 g/mol. The Morgan fingerprint density at radius 2 is 2.00 bits per heavy atom. The maximum Gasteiger partial charge on any atom is 0.135 e. The molecule has 0 aliphatic carbocycles. The number of hydrogen-bond acceptors (Lipinski definition) is 2. The molecular formula is C14H17NSSi. The summed E-state index contributed by atoms with van der Waals surface area (Å²) < 4.78 is 1.45. The molecule has 2 aromatic rings. The smallest absolute Gasteiger partial charge is 0.135 e. The van der Waals surface area contributed by atoms with Crippen LogP contribution < -0.4 is 15.4 Å². The van der Waals surface area contributed by atoms with E-state index in [4.69, 9.17) is 5.73 Å². The largest absolute Gasteiger partial charge is 0.327 e. The Labute approximate surface area is 110 Å². The molecule has 0 amide bonds. The van der Waals surface area contributed by atoms with Crippen LogP contribution in [0.2, 0.25) is 0 Å². The zero-order valence-corrected chi connectivity index (χ0v) is 11.8. The van der Waals surface area contributed by atoms with Crippen LogP contribution in [0.5, 0.6) is 0 Å². The third-order valence-corrected chi connectivity index (χ3v) is 5.14. The Balaban J connectivity index is 1.98. The summed E-state index contributed by atoms with van der Waals surface area (Å²) in [6.07, 6.45) is 2.03. The van der Waals surface area contributed by atoms with Crippen LogP contribution in [-0.4, -0.2) is 15.6 Å². The number of rotatable bonds is 5. The minimum Gasteiger partial charge on any atom is -0.327 e. The summed E-state index contributed by atoms with van der Waals surface area (Å²) in [5.41, 5.74) is 7.30. The molecule has 2 N–H and O–H groups in total. The zero-order chi connectivity index (χ0) is 12.1. The summed E-state index contributed by atoms with van der Waals surface area (Å²) in [7, 11) is 0.781. The molecule has 0 saturated heterocycles. The lowest BCUT2D eigenvalue weighted by atomic mass is 10.1. The molecule has 2 rings (SSSR count). The first-order valence-electron chi connectivity index (χ1n) is 5.93. The van der Waals surface area contributed by atoms with Crippen LogP contribution in [0.1, 0.15) is 18.9 Å². The Morgan fingerprint density at radius 3 is 2.59 bits per heavy atom. The van der Waals surface area contributed by atoms with Crippen molar-refractivity contribution in [3.63, 3.8) is 0 Å². The second-order valence-corrected chi connectivity index (χ2v) is 6.85. The predicted molar refractivity (Wildman–Crippen MR) is 77.8 cm³/mol. The van der Waals surface area contributed by atoms with Crippen molar-refractivity contribution in [2.75, 3.05) is 0 Å². The van der Waals surface area contributed by atoms with Crippen molar-refractivity contribution < 1.29 is 0 Å². The third kappa shape index (κ3) is 3.80. The van der Waals surface area contributed by atoms with Crippen LogP contribution >= 0.6 is 11.3 Å². The van der Waals surface area contributed by atoms with E-state index in [9.17, 15) is 0 Å². The van der Waals surface area contributed by atoms with Gasteiger partial charge in [0.25, 0.3) is 0 Å². The number of benzene rings is 1. The fraction of sp³-hybridized carbons (Fsp3) is 0.286. The summed E-state index contributed by atoms with van der Waals surface area (Å²) in [4.78, 5) is 0. The molecular weight excluding hydrogens is 242 g/mol. The third-order valence-electron chi connectivity index (χ3n) is 2.76. The van der Waals surface area contributed by atoms with E-state index in [1.54, 1.807) is 0 Å². The van der Waals surface area contributed by atoms with Crippen LogP contribution in [0.25, 0.3) is 0 Å². The quantitative estimate of drug-likeness (QED) is 0.813. The highest BCUT2D eigenvalue weighted by atomic mass is 32.1. The summed E-state index contributed by atoms with van der Waals surface area (Å²) in [5, 5.41) is 3.54. The van der Waals surface area contributed by atoms with Gasteiger partial charge < -0.3 is 5.73 Å². The SMILES string of the molecule is CCC(N)Cc1ccc([Si]c2cccs2)cc1. The highest BCUT2D eigenvalue weighted by Crippen LogP contribution is 2.03. The first-order chi connectivity index (χ1) is 8.28. The van der Waals surface area contributed by atoms with E-state index in [-0.39, 0.29) is 0 Å². The second-order valence-electron chi connectivity index (χ2n) is 4.17. The van der Waals surface area contributed by atoms with Gasteiger partial charge in [-0.05, 0) is 28.3 Å². The molecule has 0 aliphatic rings. The predicted octanol–water partition coefficient (Wildman–Crippen LogP) is 1.68. The molecule has 0 fully saturated rings.